The Hall–Kier alpha value is -4.13. The molecular weight excluding hydrogens is 381 g/mol. The summed E-state index contributed by atoms with van der Waals surface area (Å²) < 4.78 is 13.2. The van der Waals surface area contributed by atoms with Crippen LogP contribution in [0, 0.1) is 5.82 Å². The summed E-state index contributed by atoms with van der Waals surface area (Å²) >= 11 is 0. The van der Waals surface area contributed by atoms with Crippen LogP contribution in [0.5, 0.6) is 0 Å². The van der Waals surface area contributed by atoms with Crippen LogP contribution in [-0.4, -0.2) is 20.9 Å². The Morgan fingerprint density at radius 2 is 1.63 bits per heavy atom. The van der Waals surface area contributed by atoms with Gasteiger partial charge in [0.25, 0.3) is 5.91 Å². The number of carbonyl (C=O) groups excluding carboxylic acids is 1. The zero-order valence-corrected chi connectivity index (χ0v) is 15.9. The first-order valence-electron chi connectivity index (χ1n) is 9.31. The minimum atomic E-state index is -0.329. The van der Waals surface area contributed by atoms with Crippen LogP contribution in [0.25, 0.3) is 11.4 Å². The maximum Gasteiger partial charge on any atom is 0.270 e. The second-order valence-electron chi connectivity index (χ2n) is 6.50. The van der Waals surface area contributed by atoms with Gasteiger partial charge in [0.15, 0.2) is 5.82 Å². The lowest BCUT2D eigenvalue weighted by Gasteiger charge is -2.11. The second kappa shape index (κ2) is 8.91. The lowest BCUT2D eigenvalue weighted by atomic mass is 10.2. The SMILES string of the molecule is O=C(NCc1ccncc1)c1cc(Nc2ccc(F)cc2)nc(-c2ccccc2)n1. The number of rotatable bonds is 6. The van der Waals surface area contributed by atoms with E-state index < -0.39 is 0 Å². The molecule has 2 N–H and O–H groups in total. The monoisotopic (exact) mass is 399 g/mol. The van der Waals surface area contributed by atoms with Crippen LogP contribution < -0.4 is 10.6 Å². The number of nitrogens with zero attached hydrogens (tertiary/aromatic N) is 3. The predicted octanol–water partition coefficient (Wildman–Crippen LogP) is 4.35. The quantitative estimate of drug-likeness (QED) is 0.504. The van der Waals surface area contributed by atoms with Gasteiger partial charge in [0.1, 0.15) is 17.3 Å². The lowest BCUT2D eigenvalue weighted by molar-refractivity contribution is 0.0946. The van der Waals surface area contributed by atoms with E-state index in [1.165, 1.54) is 12.1 Å². The maximum absolute atomic E-state index is 13.2. The van der Waals surface area contributed by atoms with Crippen LogP contribution >= 0.6 is 0 Å². The molecule has 0 aliphatic rings. The maximum atomic E-state index is 13.2. The highest BCUT2D eigenvalue weighted by molar-refractivity contribution is 5.93. The van der Waals surface area contributed by atoms with Crippen molar-refractivity contribution in [2.24, 2.45) is 0 Å². The third-order valence-corrected chi connectivity index (χ3v) is 4.31. The van der Waals surface area contributed by atoms with Crippen LogP contribution in [0.4, 0.5) is 15.9 Å². The van der Waals surface area contributed by atoms with Gasteiger partial charge in [-0.3, -0.25) is 9.78 Å². The van der Waals surface area contributed by atoms with Gasteiger partial charge in [0.05, 0.1) is 0 Å². The van der Waals surface area contributed by atoms with Crippen molar-refractivity contribution in [1.29, 1.82) is 0 Å². The number of hydrogen-bond donors (Lipinski definition) is 2. The number of halogens is 1. The number of aromatic nitrogens is 3. The van der Waals surface area contributed by atoms with Crippen molar-refractivity contribution < 1.29 is 9.18 Å². The second-order valence-corrected chi connectivity index (χ2v) is 6.50. The van der Waals surface area contributed by atoms with Crippen LogP contribution in [0.2, 0.25) is 0 Å². The Balaban J connectivity index is 1.62. The number of hydrogen-bond acceptors (Lipinski definition) is 5. The number of nitrogens with one attached hydrogen (secondary N) is 2. The van der Waals surface area contributed by atoms with E-state index in [0.29, 0.717) is 23.9 Å². The van der Waals surface area contributed by atoms with Gasteiger partial charge in [-0.2, -0.15) is 0 Å². The molecule has 2 aromatic carbocycles. The molecular formula is C23H18FN5O. The number of amides is 1. The Morgan fingerprint density at radius 3 is 2.37 bits per heavy atom. The molecule has 0 saturated carbocycles. The van der Waals surface area contributed by atoms with Crippen LogP contribution in [-0.2, 0) is 6.54 Å². The van der Waals surface area contributed by atoms with E-state index in [1.807, 2.05) is 42.5 Å². The highest BCUT2D eigenvalue weighted by Gasteiger charge is 2.13. The van der Waals surface area contributed by atoms with Crippen molar-refractivity contribution >= 4 is 17.4 Å². The molecule has 0 saturated heterocycles. The van der Waals surface area contributed by atoms with E-state index in [2.05, 4.69) is 25.6 Å². The van der Waals surface area contributed by atoms with Crippen molar-refractivity contribution in [1.82, 2.24) is 20.3 Å². The average molecular weight is 399 g/mol. The molecule has 0 spiro atoms. The van der Waals surface area contributed by atoms with Gasteiger partial charge < -0.3 is 10.6 Å². The number of carbonyl (C=O) groups is 1. The smallest absolute Gasteiger partial charge is 0.270 e. The molecule has 0 radical (unpaired) electrons. The summed E-state index contributed by atoms with van der Waals surface area (Å²) in [5.41, 5.74) is 2.59. The van der Waals surface area contributed by atoms with E-state index in [-0.39, 0.29) is 17.4 Å². The van der Waals surface area contributed by atoms with Gasteiger partial charge in [-0.15, -0.1) is 0 Å². The van der Waals surface area contributed by atoms with Crippen molar-refractivity contribution in [2.75, 3.05) is 5.32 Å². The van der Waals surface area contributed by atoms with Crippen molar-refractivity contribution in [2.45, 2.75) is 6.54 Å². The molecule has 148 valence electrons. The van der Waals surface area contributed by atoms with Gasteiger partial charge in [-0.05, 0) is 42.0 Å². The summed E-state index contributed by atoms with van der Waals surface area (Å²) in [6.07, 6.45) is 3.34. The fourth-order valence-electron chi connectivity index (χ4n) is 2.80. The molecule has 2 aromatic heterocycles. The lowest BCUT2D eigenvalue weighted by Crippen LogP contribution is -2.24. The molecule has 0 fully saturated rings. The Bertz CT molecular complexity index is 1140. The number of anilines is 2. The summed E-state index contributed by atoms with van der Waals surface area (Å²) in [6, 6.07) is 20.5. The normalized spacial score (nSPS) is 10.4. The summed E-state index contributed by atoms with van der Waals surface area (Å²) in [5, 5.41) is 5.96. The summed E-state index contributed by atoms with van der Waals surface area (Å²) in [6.45, 7) is 0.354. The molecule has 0 bridgehead atoms. The first-order chi connectivity index (χ1) is 14.7. The van der Waals surface area contributed by atoms with E-state index in [0.717, 1.165) is 11.1 Å². The van der Waals surface area contributed by atoms with Gasteiger partial charge in [0, 0.05) is 36.3 Å². The molecule has 4 aromatic rings. The van der Waals surface area contributed by atoms with Crippen LogP contribution in [0.3, 0.4) is 0 Å². The Kier molecular flexibility index (Phi) is 5.70. The van der Waals surface area contributed by atoms with Gasteiger partial charge in [-0.1, -0.05) is 30.3 Å². The minimum absolute atomic E-state index is 0.225. The first-order valence-corrected chi connectivity index (χ1v) is 9.31. The van der Waals surface area contributed by atoms with Crippen LogP contribution in [0.15, 0.2) is 85.2 Å². The third kappa shape index (κ3) is 4.82. The van der Waals surface area contributed by atoms with E-state index in [4.69, 9.17) is 0 Å². The topological polar surface area (TPSA) is 79.8 Å². The number of benzene rings is 2. The Morgan fingerprint density at radius 1 is 0.900 bits per heavy atom. The summed E-state index contributed by atoms with van der Waals surface area (Å²) in [4.78, 5) is 25.7. The molecule has 0 aliphatic heterocycles. The summed E-state index contributed by atoms with van der Waals surface area (Å²) in [7, 11) is 0. The molecule has 1 amide bonds. The molecule has 2 heterocycles. The zero-order chi connectivity index (χ0) is 20.8. The minimum Gasteiger partial charge on any atom is -0.347 e. The average Bonchev–Trinajstić information content (AvgIpc) is 2.80. The fourth-order valence-corrected chi connectivity index (χ4v) is 2.80. The van der Waals surface area contributed by atoms with Gasteiger partial charge >= 0.3 is 0 Å². The third-order valence-electron chi connectivity index (χ3n) is 4.31. The highest BCUT2D eigenvalue weighted by atomic mass is 19.1. The highest BCUT2D eigenvalue weighted by Crippen LogP contribution is 2.21. The molecule has 4 rings (SSSR count). The molecule has 0 atom stereocenters. The molecule has 30 heavy (non-hydrogen) atoms. The zero-order valence-electron chi connectivity index (χ0n) is 15.9. The summed E-state index contributed by atoms with van der Waals surface area (Å²) in [5.74, 6) is 0.194. The molecule has 7 heteroatoms. The molecule has 0 unspecified atom stereocenters. The number of pyridine rings is 1. The van der Waals surface area contributed by atoms with Crippen molar-refractivity contribution in [3.8, 4) is 11.4 Å². The van der Waals surface area contributed by atoms with E-state index >= 15 is 0 Å². The first kappa shape index (κ1) is 19.2. The fraction of sp³-hybridized carbons (Fsp3) is 0.0435. The van der Waals surface area contributed by atoms with E-state index in [1.54, 1.807) is 30.6 Å². The Labute approximate surface area is 172 Å². The van der Waals surface area contributed by atoms with Crippen molar-refractivity contribution in [3.05, 3.63) is 102 Å². The van der Waals surface area contributed by atoms with Gasteiger partial charge in [0.2, 0.25) is 0 Å². The largest absolute Gasteiger partial charge is 0.347 e. The van der Waals surface area contributed by atoms with Crippen molar-refractivity contribution in [3.63, 3.8) is 0 Å². The van der Waals surface area contributed by atoms with Crippen LogP contribution in [0.1, 0.15) is 16.1 Å². The molecule has 0 aliphatic carbocycles. The standard InChI is InChI=1S/C23H18FN5O/c24-18-6-8-19(9-7-18)27-21-14-20(23(30)26-15-16-10-12-25-13-11-16)28-22(29-21)17-4-2-1-3-5-17/h1-14H,15H2,(H,26,30)(H,27,28,29). The van der Waals surface area contributed by atoms with E-state index in [9.17, 15) is 9.18 Å². The van der Waals surface area contributed by atoms with Gasteiger partial charge in [-0.25, -0.2) is 14.4 Å². The predicted molar refractivity (Wildman–Crippen MR) is 113 cm³/mol. The molecule has 6 nitrogen and oxygen atoms in total.